The van der Waals surface area contributed by atoms with Gasteiger partial charge < -0.3 is 4.74 Å². The molecule has 0 spiro atoms. The lowest BCUT2D eigenvalue weighted by molar-refractivity contribution is -0.143. The van der Waals surface area contributed by atoms with Crippen LogP contribution in [0.25, 0.3) is 0 Å². The Labute approximate surface area is 92.9 Å². The molecule has 0 fully saturated rings. The fourth-order valence-corrected chi connectivity index (χ4v) is 1.27. The van der Waals surface area contributed by atoms with Crippen LogP contribution >= 0.6 is 0 Å². The highest BCUT2D eigenvalue weighted by atomic mass is 16.5. The van der Waals surface area contributed by atoms with E-state index in [9.17, 15) is 4.79 Å². The maximum Gasteiger partial charge on any atom is 0.307 e. The van der Waals surface area contributed by atoms with Gasteiger partial charge in [0.1, 0.15) is 0 Å². The van der Waals surface area contributed by atoms with Crippen LogP contribution in [0.5, 0.6) is 0 Å². The molecule has 0 amide bonds. The highest BCUT2D eigenvalue weighted by Gasteiger charge is 2.06. The molecule has 0 atom stereocenters. The Kier molecular flexibility index (Phi) is 9.52. The first-order chi connectivity index (χ1) is 7.24. The highest BCUT2D eigenvalue weighted by molar-refractivity contribution is 5.69. The van der Waals surface area contributed by atoms with Gasteiger partial charge in [-0.25, -0.2) is 5.01 Å². The Morgan fingerprint density at radius 3 is 2.47 bits per heavy atom. The molecule has 0 aromatic heterocycles. The molecule has 4 heteroatoms. The standard InChI is InChI=1S/C11H24N2O2/c1-4-8-12-13(9-5-2)10-7-11(14)15-6-3/h12H,4-10H2,1-3H3. The van der Waals surface area contributed by atoms with Gasteiger partial charge in [0, 0.05) is 19.6 Å². The van der Waals surface area contributed by atoms with E-state index in [2.05, 4.69) is 24.3 Å². The van der Waals surface area contributed by atoms with E-state index in [-0.39, 0.29) is 5.97 Å². The van der Waals surface area contributed by atoms with Crippen molar-refractivity contribution in [3.63, 3.8) is 0 Å². The SMILES string of the molecule is CCCNN(CCC)CCC(=O)OCC. The third kappa shape index (κ3) is 8.39. The molecule has 0 rings (SSSR count). The van der Waals surface area contributed by atoms with Crippen LogP contribution in [-0.4, -0.2) is 37.2 Å². The zero-order valence-corrected chi connectivity index (χ0v) is 10.2. The van der Waals surface area contributed by atoms with Gasteiger partial charge in [-0.2, -0.15) is 0 Å². The maximum atomic E-state index is 11.1. The Bertz CT molecular complexity index is 163. The van der Waals surface area contributed by atoms with Gasteiger partial charge in [-0.05, 0) is 19.8 Å². The first kappa shape index (κ1) is 14.4. The minimum absolute atomic E-state index is 0.114. The normalized spacial score (nSPS) is 10.7. The minimum Gasteiger partial charge on any atom is -0.466 e. The van der Waals surface area contributed by atoms with Crippen LogP contribution < -0.4 is 5.43 Å². The van der Waals surface area contributed by atoms with Crippen LogP contribution in [0.1, 0.15) is 40.0 Å². The lowest BCUT2D eigenvalue weighted by atomic mass is 10.4. The fraction of sp³-hybridized carbons (Fsp3) is 0.909. The summed E-state index contributed by atoms with van der Waals surface area (Å²) in [6, 6.07) is 0. The Hall–Kier alpha value is -0.610. The van der Waals surface area contributed by atoms with Crippen molar-refractivity contribution in [2.45, 2.75) is 40.0 Å². The number of hydrazine groups is 1. The molecule has 90 valence electrons. The zero-order chi connectivity index (χ0) is 11.5. The molecular weight excluding hydrogens is 192 g/mol. The van der Waals surface area contributed by atoms with Gasteiger partial charge in [-0.3, -0.25) is 10.2 Å². The topological polar surface area (TPSA) is 41.6 Å². The summed E-state index contributed by atoms with van der Waals surface area (Å²) >= 11 is 0. The van der Waals surface area contributed by atoms with Crippen LogP contribution in [0, 0.1) is 0 Å². The maximum absolute atomic E-state index is 11.1. The van der Waals surface area contributed by atoms with Gasteiger partial charge >= 0.3 is 5.97 Å². The van der Waals surface area contributed by atoms with Gasteiger partial charge in [0.25, 0.3) is 0 Å². The summed E-state index contributed by atoms with van der Waals surface area (Å²) in [4.78, 5) is 11.1. The van der Waals surface area contributed by atoms with Crippen LogP contribution in [0.4, 0.5) is 0 Å². The van der Waals surface area contributed by atoms with E-state index in [1.807, 2.05) is 6.92 Å². The summed E-state index contributed by atoms with van der Waals surface area (Å²) in [5.41, 5.74) is 3.29. The number of hydrogen-bond donors (Lipinski definition) is 1. The minimum atomic E-state index is -0.114. The average molecular weight is 216 g/mol. The quantitative estimate of drug-likeness (QED) is 0.469. The molecule has 0 aliphatic carbocycles. The molecule has 0 radical (unpaired) electrons. The number of nitrogens with one attached hydrogen (secondary N) is 1. The monoisotopic (exact) mass is 216 g/mol. The molecule has 0 aliphatic heterocycles. The van der Waals surface area contributed by atoms with Crippen molar-refractivity contribution in [2.24, 2.45) is 0 Å². The van der Waals surface area contributed by atoms with Crippen molar-refractivity contribution < 1.29 is 9.53 Å². The number of esters is 1. The fourth-order valence-electron chi connectivity index (χ4n) is 1.27. The third-order valence-electron chi connectivity index (χ3n) is 1.97. The molecule has 0 saturated heterocycles. The first-order valence-electron chi connectivity index (χ1n) is 5.88. The summed E-state index contributed by atoms with van der Waals surface area (Å²) in [6.45, 7) is 9.22. The van der Waals surface area contributed by atoms with Crippen molar-refractivity contribution in [2.75, 3.05) is 26.2 Å². The summed E-state index contributed by atoms with van der Waals surface area (Å²) in [5.74, 6) is -0.114. The molecule has 0 aromatic rings. The molecule has 0 saturated carbocycles. The van der Waals surface area contributed by atoms with Gasteiger partial charge in [-0.15, -0.1) is 0 Å². The summed E-state index contributed by atoms with van der Waals surface area (Å²) in [6.07, 6.45) is 2.64. The molecule has 0 aromatic carbocycles. The molecule has 0 heterocycles. The van der Waals surface area contributed by atoms with Gasteiger partial charge in [0.05, 0.1) is 13.0 Å². The van der Waals surface area contributed by atoms with Crippen molar-refractivity contribution in [1.82, 2.24) is 10.4 Å². The largest absolute Gasteiger partial charge is 0.466 e. The van der Waals surface area contributed by atoms with Crippen LogP contribution in [0.3, 0.4) is 0 Å². The Morgan fingerprint density at radius 1 is 1.20 bits per heavy atom. The van der Waals surface area contributed by atoms with E-state index in [4.69, 9.17) is 4.74 Å². The van der Waals surface area contributed by atoms with Crippen LogP contribution in [-0.2, 0) is 9.53 Å². The van der Waals surface area contributed by atoms with E-state index in [0.29, 0.717) is 13.0 Å². The summed E-state index contributed by atoms with van der Waals surface area (Å²) < 4.78 is 4.88. The molecule has 0 aliphatic rings. The van der Waals surface area contributed by atoms with E-state index in [0.717, 1.165) is 32.5 Å². The molecule has 0 bridgehead atoms. The lowest BCUT2D eigenvalue weighted by Gasteiger charge is -2.21. The van der Waals surface area contributed by atoms with E-state index in [1.165, 1.54) is 0 Å². The van der Waals surface area contributed by atoms with Crippen molar-refractivity contribution in [1.29, 1.82) is 0 Å². The van der Waals surface area contributed by atoms with Gasteiger partial charge in [0.2, 0.25) is 0 Å². The van der Waals surface area contributed by atoms with Gasteiger partial charge in [0.15, 0.2) is 0 Å². The number of hydrogen-bond acceptors (Lipinski definition) is 4. The summed E-state index contributed by atoms with van der Waals surface area (Å²) in [7, 11) is 0. The number of ether oxygens (including phenoxy) is 1. The molecule has 4 nitrogen and oxygen atoms in total. The number of rotatable bonds is 9. The second-order valence-corrected chi connectivity index (χ2v) is 3.45. The lowest BCUT2D eigenvalue weighted by Crippen LogP contribution is -2.40. The second kappa shape index (κ2) is 9.93. The predicted octanol–water partition coefficient (Wildman–Crippen LogP) is 1.57. The van der Waals surface area contributed by atoms with E-state index < -0.39 is 0 Å². The van der Waals surface area contributed by atoms with E-state index in [1.54, 1.807) is 0 Å². The first-order valence-corrected chi connectivity index (χ1v) is 5.88. The molecular formula is C11H24N2O2. The zero-order valence-electron chi connectivity index (χ0n) is 10.2. The average Bonchev–Trinajstić information content (AvgIpc) is 2.22. The van der Waals surface area contributed by atoms with Crippen molar-refractivity contribution >= 4 is 5.97 Å². The molecule has 0 unspecified atom stereocenters. The van der Waals surface area contributed by atoms with Gasteiger partial charge in [-0.1, -0.05) is 13.8 Å². The van der Waals surface area contributed by atoms with Crippen LogP contribution in [0.2, 0.25) is 0 Å². The summed E-state index contributed by atoms with van der Waals surface area (Å²) in [5, 5.41) is 2.10. The third-order valence-corrected chi connectivity index (χ3v) is 1.97. The second-order valence-electron chi connectivity index (χ2n) is 3.45. The van der Waals surface area contributed by atoms with Crippen molar-refractivity contribution in [3.05, 3.63) is 0 Å². The van der Waals surface area contributed by atoms with Crippen LogP contribution in [0.15, 0.2) is 0 Å². The van der Waals surface area contributed by atoms with E-state index >= 15 is 0 Å². The number of carbonyl (C=O) groups excluding carboxylic acids is 1. The Morgan fingerprint density at radius 2 is 1.93 bits per heavy atom. The Balaban J connectivity index is 3.68. The van der Waals surface area contributed by atoms with Crippen molar-refractivity contribution in [3.8, 4) is 0 Å². The predicted molar refractivity (Wildman–Crippen MR) is 61.4 cm³/mol. The number of nitrogens with zero attached hydrogens (tertiary/aromatic N) is 1. The highest BCUT2D eigenvalue weighted by Crippen LogP contribution is 1.93. The molecule has 1 N–H and O–H groups in total. The smallest absolute Gasteiger partial charge is 0.307 e. The number of carbonyl (C=O) groups is 1. The molecule has 15 heavy (non-hydrogen) atoms.